The molecule has 0 aliphatic heterocycles. The highest BCUT2D eigenvalue weighted by Crippen LogP contribution is 2.18. The average molecular weight is 245 g/mol. The van der Waals surface area contributed by atoms with Gasteiger partial charge in [-0.25, -0.2) is 0 Å². The summed E-state index contributed by atoms with van der Waals surface area (Å²) in [6.45, 7) is 4.45. The molecule has 1 aromatic rings. The lowest BCUT2D eigenvalue weighted by Gasteiger charge is -2.10. The maximum absolute atomic E-state index is 11.8. The molecule has 4 heteroatoms. The molecule has 1 aromatic carbocycles. The van der Waals surface area contributed by atoms with Gasteiger partial charge in [0, 0.05) is 6.42 Å². The van der Waals surface area contributed by atoms with Gasteiger partial charge < -0.3 is 11.1 Å². The summed E-state index contributed by atoms with van der Waals surface area (Å²) in [6.07, 6.45) is 1.19. The molecule has 0 fully saturated rings. The van der Waals surface area contributed by atoms with E-state index in [2.05, 4.69) is 11.4 Å². The molecular weight excluding hydrogens is 226 g/mol. The van der Waals surface area contributed by atoms with Gasteiger partial charge in [0.05, 0.1) is 11.3 Å². The number of anilines is 1. The smallest absolute Gasteiger partial charge is 0.224 e. The summed E-state index contributed by atoms with van der Waals surface area (Å²) in [6, 6.07) is 7.54. The third-order valence-electron chi connectivity index (χ3n) is 2.93. The van der Waals surface area contributed by atoms with Gasteiger partial charge in [-0.05, 0) is 37.4 Å². The molecule has 0 aliphatic rings. The second kappa shape index (κ2) is 6.77. The molecule has 0 spiro atoms. The number of nitrogens with two attached hydrogens (primary N) is 1. The topological polar surface area (TPSA) is 78.9 Å². The van der Waals surface area contributed by atoms with E-state index < -0.39 is 0 Å². The summed E-state index contributed by atoms with van der Waals surface area (Å²) in [5.74, 6) is 0.265. The molecule has 1 unspecified atom stereocenters. The molecule has 0 heterocycles. The second-order valence-corrected chi connectivity index (χ2v) is 4.54. The SMILES string of the molecule is Cc1cccc(NC(=O)CCC(C)CN)c1C#N. The van der Waals surface area contributed by atoms with E-state index in [-0.39, 0.29) is 5.91 Å². The fraction of sp³-hybridized carbons (Fsp3) is 0.429. The van der Waals surface area contributed by atoms with Gasteiger partial charge in [0.25, 0.3) is 0 Å². The lowest BCUT2D eigenvalue weighted by molar-refractivity contribution is -0.116. The molecule has 96 valence electrons. The Balaban J connectivity index is 2.66. The van der Waals surface area contributed by atoms with Gasteiger partial charge in [0.2, 0.25) is 5.91 Å². The molecule has 3 N–H and O–H groups in total. The van der Waals surface area contributed by atoms with Gasteiger partial charge in [-0.1, -0.05) is 19.1 Å². The van der Waals surface area contributed by atoms with Crippen molar-refractivity contribution in [2.75, 3.05) is 11.9 Å². The number of carbonyl (C=O) groups excluding carboxylic acids is 1. The van der Waals surface area contributed by atoms with Crippen LogP contribution in [0, 0.1) is 24.2 Å². The summed E-state index contributed by atoms with van der Waals surface area (Å²) in [5.41, 5.74) is 7.48. The van der Waals surface area contributed by atoms with Crippen molar-refractivity contribution in [3.63, 3.8) is 0 Å². The molecule has 0 saturated carbocycles. The molecule has 4 nitrogen and oxygen atoms in total. The van der Waals surface area contributed by atoms with E-state index in [4.69, 9.17) is 11.0 Å². The molecule has 1 rings (SSSR count). The zero-order valence-corrected chi connectivity index (χ0v) is 10.9. The third kappa shape index (κ3) is 3.86. The minimum absolute atomic E-state index is 0.0719. The number of hydrogen-bond acceptors (Lipinski definition) is 3. The van der Waals surface area contributed by atoms with E-state index >= 15 is 0 Å². The Hall–Kier alpha value is -1.86. The summed E-state index contributed by atoms with van der Waals surface area (Å²) in [7, 11) is 0. The molecule has 0 radical (unpaired) electrons. The largest absolute Gasteiger partial charge is 0.330 e. The normalized spacial score (nSPS) is 11.7. The Morgan fingerprint density at radius 3 is 2.89 bits per heavy atom. The van der Waals surface area contributed by atoms with E-state index in [9.17, 15) is 4.79 Å². The van der Waals surface area contributed by atoms with Crippen molar-refractivity contribution in [2.45, 2.75) is 26.7 Å². The third-order valence-corrected chi connectivity index (χ3v) is 2.93. The first-order chi connectivity index (χ1) is 8.58. The average Bonchev–Trinajstić information content (AvgIpc) is 2.36. The van der Waals surface area contributed by atoms with Crippen LogP contribution in [0.1, 0.15) is 30.9 Å². The van der Waals surface area contributed by atoms with Crippen LogP contribution in [0.25, 0.3) is 0 Å². The van der Waals surface area contributed by atoms with Crippen molar-refractivity contribution in [1.82, 2.24) is 0 Å². The van der Waals surface area contributed by atoms with Crippen LogP contribution in [-0.4, -0.2) is 12.5 Å². The number of amides is 1. The number of hydrogen-bond donors (Lipinski definition) is 2. The van der Waals surface area contributed by atoms with Crippen molar-refractivity contribution in [3.05, 3.63) is 29.3 Å². The lowest BCUT2D eigenvalue weighted by Crippen LogP contribution is -2.17. The van der Waals surface area contributed by atoms with Crippen molar-refractivity contribution in [3.8, 4) is 6.07 Å². The van der Waals surface area contributed by atoms with Crippen molar-refractivity contribution in [1.29, 1.82) is 5.26 Å². The molecule has 18 heavy (non-hydrogen) atoms. The van der Waals surface area contributed by atoms with Crippen LogP contribution in [0.2, 0.25) is 0 Å². The number of nitriles is 1. The van der Waals surface area contributed by atoms with Crippen LogP contribution >= 0.6 is 0 Å². The minimum atomic E-state index is -0.0719. The lowest BCUT2D eigenvalue weighted by atomic mass is 10.1. The van der Waals surface area contributed by atoms with Gasteiger partial charge >= 0.3 is 0 Å². The Bertz CT molecular complexity index is 463. The molecule has 0 aromatic heterocycles. The minimum Gasteiger partial charge on any atom is -0.330 e. The van der Waals surface area contributed by atoms with Crippen molar-refractivity contribution in [2.24, 2.45) is 11.7 Å². The Morgan fingerprint density at radius 2 is 2.28 bits per heavy atom. The van der Waals surface area contributed by atoms with Gasteiger partial charge in [-0.3, -0.25) is 4.79 Å². The standard InChI is InChI=1S/C14H19N3O/c1-10(8-15)6-7-14(18)17-13-5-3-4-11(2)12(13)9-16/h3-5,10H,6-8,15H2,1-2H3,(H,17,18). The number of benzene rings is 1. The molecule has 1 amide bonds. The number of aryl methyl sites for hydroxylation is 1. The van der Waals surface area contributed by atoms with Crippen molar-refractivity contribution >= 4 is 11.6 Å². The number of nitrogens with zero attached hydrogens (tertiary/aromatic N) is 1. The van der Waals surface area contributed by atoms with E-state index in [1.165, 1.54) is 0 Å². The Kier molecular flexibility index (Phi) is 5.34. The predicted octanol–water partition coefficient (Wildman–Crippen LogP) is 2.18. The molecule has 1 atom stereocenters. The van der Waals surface area contributed by atoms with Gasteiger partial charge in [0.1, 0.15) is 6.07 Å². The molecular formula is C14H19N3O. The Labute approximate surface area is 108 Å². The number of carbonyl (C=O) groups is 1. The summed E-state index contributed by atoms with van der Waals surface area (Å²) in [4.78, 5) is 11.8. The van der Waals surface area contributed by atoms with Crippen LogP contribution in [0.4, 0.5) is 5.69 Å². The maximum atomic E-state index is 11.8. The fourth-order valence-electron chi connectivity index (χ4n) is 1.63. The summed E-state index contributed by atoms with van der Waals surface area (Å²) >= 11 is 0. The van der Waals surface area contributed by atoms with Crippen LogP contribution in [0.15, 0.2) is 18.2 Å². The first-order valence-corrected chi connectivity index (χ1v) is 6.08. The zero-order chi connectivity index (χ0) is 13.5. The van der Waals surface area contributed by atoms with Gasteiger partial charge in [-0.15, -0.1) is 0 Å². The Morgan fingerprint density at radius 1 is 1.56 bits per heavy atom. The van der Waals surface area contributed by atoms with Gasteiger partial charge in [-0.2, -0.15) is 5.26 Å². The van der Waals surface area contributed by atoms with Gasteiger partial charge in [0.15, 0.2) is 0 Å². The van der Waals surface area contributed by atoms with Crippen LogP contribution < -0.4 is 11.1 Å². The highest BCUT2D eigenvalue weighted by molar-refractivity contribution is 5.92. The highest BCUT2D eigenvalue weighted by atomic mass is 16.1. The van der Waals surface area contributed by atoms with E-state index in [0.29, 0.717) is 30.1 Å². The predicted molar refractivity (Wildman–Crippen MR) is 72.0 cm³/mol. The quantitative estimate of drug-likeness (QED) is 0.834. The number of nitrogens with one attached hydrogen (secondary N) is 1. The fourth-order valence-corrected chi connectivity index (χ4v) is 1.63. The van der Waals surface area contributed by atoms with Crippen LogP contribution in [-0.2, 0) is 4.79 Å². The highest BCUT2D eigenvalue weighted by Gasteiger charge is 2.09. The van der Waals surface area contributed by atoms with Crippen LogP contribution in [0.3, 0.4) is 0 Å². The molecule has 0 bridgehead atoms. The monoisotopic (exact) mass is 245 g/mol. The van der Waals surface area contributed by atoms with E-state index in [0.717, 1.165) is 12.0 Å². The first kappa shape index (κ1) is 14.2. The zero-order valence-electron chi connectivity index (χ0n) is 10.9. The molecule has 0 saturated heterocycles. The number of rotatable bonds is 5. The molecule has 0 aliphatic carbocycles. The van der Waals surface area contributed by atoms with Crippen LogP contribution in [0.5, 0.6) is 0 Å². The van der Waals surface area contributed by atoms with Crippen molar-refractivity contribution < 1.29 is 4.79 Å². The summed E-state index contributed by atoms with van der Waals surface area (Å²) < 4.78 is 0. The van der Waals surface area contributed by atoms with E-state index in [1.807, 2.05) is 26.0 Å². The summed E-state index contributed by atoms with van der Waals surface area (Å²) in [5, 5.41) is 11.8. The van der Waals surface area contributed by atoms with E-state index in [1.54, 1.807) is 6.07 Å². The second-order valence-electron chi connectivity index (χ2n) is 4.54. The maximum Gasteiger partial charge on any atom is 0.224 e. The first-order valence-electron chi connectivity index (χ1n) is 6.08.